The van der Waals surface area contributed by atoms with Crippen molar-refractivity contribution in [3.63, 3.8) is 0 Å². The highest BCUT2D eigenvalue weighted by atomic mass is 35.5. The van der Waals surface area contributed by atoms with Gasteiger partial charge in [0.1, 0.15) is 0 Å². The molecule has 23 heavy (non-hydrogen) atoms. The Kier molecular flexibility index (Phi) is 6.22. The minimum absolute atomic E-state index is 0. The third-order valence-electron chi connectivity index (χ3n) is 4.06. The second-order valence-electron chi connectivity index (χ2n) is 5.75. The van der Waals surface area contributed by atoms with Gasteiger partial charge < -0.3 is 15.2 Å². The molecule has 0 radical (unpaired) electrons. The molecule has 1 aromatic heterocycles. The van der Waals surface area contributed by atoms with Crippen molar-refractivity contribution in [2.24, 2.45) is 5.73 Å². The summed E-state index contributed by atoms with van der Waals surface area (Å²) in [4.78, 5) is 18.0. The minimum Gasteiger partial charge on any atom is -0.324 e. The lowest BCUT2D eigenvalue weighted by Gasteiger charge is -2.37. The van der Waals surface area contributed by atoms with E-state index in [1.807, 2.05) is 41.6 Å². The highest BCUT2D eigenvalue weighted by Gasteiger charge is 2.30. The molecule has 0 fully saturated rings. The van der Waals surface area contributed by atoms with Crippen molar-refractivity contribution in [2.45, 2.75) is 39.3 Å². The molecule has 2 N–H and O–H groups in total. The first-order valence-corrected chi connectivity index (χ1v) is 7.17. The third-order valence-corrected chi connectivity index (χ3v) is 4.06. The number of imidazole rings is 1. The van der Waals surface area contributed by atoms with Crippen molar-refractivity contribution in [3.8, 4) is 5.69 Å². The van der Waals surface area contributed by atoms with E-state index < -0.39 is 0 Å². The summed E-state index contributed by atoms with van der Waals surface area (Å²) in [6.45, 7) is 5.60. The van der Waals surface area contributed by atoms with Crippen LogP contribution in [-0.2, 0) is 4.79 Å². The predicted molar refractivity (Wildman–Crippen MR) is 97.0 cm³/mol. The zero-order valence-electron chi connectivity index (χ0n) is 13.4. The first-order chi connectivity index (χ1) is 9.97. The fraction of sp³-hybridized carbons (Fsp3) is 0.375. The minimum atomic E-state index is -0.0461. The molecule has 1 amide bonds. The van der Waals surface area contributed by atoms with E-state index >= 15 is 0 Å². The average Bonchev–Trinajstić information content (AvgIpc) is 2.84. The summed E-state index contributed by atoms with van der Waals surface area (Å²) in [5.41, 5.74) is 10.2. The fourth-order valence-corrected chi connectivity index (χ4v) is 3.10. The Labute approximate surface area is 148 Å². The van der Waals surface area contributed by atoms with Crippen molar-refractivity contribution in [1.29, 1.82) is 0 Å². The van der Waals surface area contributed by atoms with E-state index in [1.54, 1.807) is 13.3 Å². The number of aromatic nitrogens is 2. The molecule has 0 saturated heterocycles. The smallest absolute Gasteiger partial charge is 0.224 e. The molecule has 1 aliphatic heterocycles. The number of rotatable bonds is 1. The summed E-state index contributed by atoms with van der Waals surface area (Å²) < 4.78 is 1.97. The van der Waals surface area contributed by atoms with Crippen molar-refractivity contribution in [3.05, 3.63) is 42.0 Å². The maximum absolute atomic E-state index is 11.9. The number of benzene rings is 1. The van der Waals surface area contributed by atoms with E-state index in [-0.39, 0.29) is 42.8 Å². The molecule has 0 saturated carbocycles. The average molecular weight is 357 g/mol. The van der Waals surface area contributed by atoms with Gasteiger partial charge in [0, 0.05) is 36.6 Å². The molecule has 1 aliphatic rings. The largest absolute Gasteiger partial charge is 0.324 e. The van der Waals surface area contributed by atoms with E-state index in [9.17, 15) is 4.79 Å². The number of fused-ring (bicyclic) bond motifs is 1. The Morgan fingerprint density at radius 1 is 1.35 bits per heavy atom. The number of halogens is 2. The zero-order valence-corrected chi connectivity index (χ0v) is 15.0. The summed E-state index contributed by atoms with van der Waals surface area (Å²) in [6, 6.07) is 6.13. The van der Waals surface area contributed by atoms with Crippen LogP contribution in [0, 0.1) is 6.92 Å². The van der Waals surface area contributed by atoms with Crippen LogP contribution in [0.15, 0.2) is 30.7 Å². The Morgan fingerprint density at radius 2 is 2.04 bits per heavy atom. The summed E-state index contributed by atoms with van der Waals surface area (Å²) in [7, 11) is 0. The van der Waals surface area contributed by atoms with E-state index in [1.165, 1.54) is 0 Å². The number of carbonyl (C=O) groups excluding carboxylic acids is 1. The van der Waals surface area contributed by atoms with Gasteiger partial charge in [-0.3, -0.25) is 4.79 Å². The molecule has 0 aliphatic carbocycles. The van der Waals surface area contributed by atoms with Gasteiger partial charge in [-0.2, -0.15) is 0 Å². The maximum atomic E-state index is 11.9. The number of anilines is 1. The Hall–Kier alpha value is -1.56. The van der Waals surface area contributed by atoms with Gasteiger partial charge in [-0.15, -0.1) is 24.8 Å². The molecule has 2 atom stereocenters. The summed E-state index contributed by atoms with van der Waals surface area (Å²) in [5, 5.41) is 0. The van der Waals surface area contributed by atoms with Crippen LogP contribution < -0.4 is 10.6 Å². The second kappa shape index (κ2) is 7.34. The monoisotopic (exact) mass is 356 g/mol. The molecule has 2 aromatic rings. The first kappa shape index (κ1) is 19.5. The van der Waals surface area contributed by atoms with Gasteiger partial charge in [0.15, 0.2) is 0 Å². The number of nitrogens with two attached hydrogens (primary N) is 1. The molecule has 0 unspecified atom stereocenters. The molecular weight excluding hydrogens is 335 g/mol. The van der Waals surface area contributed by atoms with Gasteiger partial charge in [0.2, 0.25) is 5.91 Å². The lowest BCUT2D eigenvalue weighted by atomic mass is 9.92. The van der Waals surface area contributed by atoms with Gasteiger partial charge in [-0.05, 0) is 44.0 Å². The number of aryl methyl sites for hydroxylation is 1. The lowest BCUT2D eigenvalue weighted by Crippen LogP contribution is -2.43. The SMILES string of the molecule is CC(=O)N1c2ccc(-n3cnc(C)c3)cc2[C@@H](N)C[C@H]1C.Cl.Cl. The highest BCUT2D eigenvalue weighted by molar-refractivity contribution is 5.93. The van der Waals surface area contributed by atoms with Gasteiger partial charge >= 0.3 is 0 Å². The standard InChI is InChI=1S/C16H20N4O.2ClH/c1-10-8-19(9-18-10)13-4-5-16-14(7-13)15(17)6-11(2)20(16)12(3)21;;/h4-5,7-9,11,15H,6,17H2,1-3H3;2*1H/t11-,15+;;/m1../s1. The van der Waals surface area contributed by atoms with Gasteiger partial charge in [-0.1, -0.05) is 0 Å². The Bertz CT molecular complexity index is 701. The third kappa shape index (κ3) is 3.52. The number of nitrogens with zero attached hydrogens (tertiary/aromatic N) is 3. The van der Waals surface area contributed by atoms with Crippen LogP contribution in [0.5, 0.6) is 0 Å². The number of hydrogen-bond donors (Lipinski definition) is 1. The molecule has 0 bridgehead atoms. The van der Waals surface area contributed by atoms with Crippen molar-refractivity contribution < 1.29 is 4.79 Å². The van der Waals surface area contributed by atoms with Crippen LogP contribution in [0.3, 0.4) is 0 Å². The summed E-state index contributed by atoms with van der Waals surface area (Å²) in [6.07, 6.45) is 4.54. The van der Waals surface area contributed by atoms with Crippen LogP contribution in [0.4, 0.5) is 5.69 Å². The van der Waals surface area contributed by atoms with Gasteiger partial charge in [0.25, 0.3) is 0 Å². The number of amides is 1. The molecular formula is C16H22Cl2N4O. The molecule has 1 aromatic carbocycles. The normalized spacial score (nSPS) is 19.4. The molecule has 126 valence electrons. The summed E-state index contributed by atoms with van der Waals surface area (Å²) in [5.74, 6) is 0.0573. The molecule has 2 heterocycles. The lowest BCUT2D eigenvalue weighted by molar-refractivity contribution is -0.117. The van der Waals surface area contributed by atoms with Gasteiger partial charge in [0.05, 0.1) is 12.0 Å². The van der Waals surface area contributed by atoms with Crippen molar-refractivity contribution in [2.75, 3.05) is 4.90 Å². The Morgan fingerprint density at radius 3 is 2.61 bits per heavy atom. The topological polar surface area (TPSA) is 64.2 Å². The molecule has 7 heteroatoms. The van der Waals surface area contributed by atoms with Crippen LogP contribution >= 0.6 is 24.8 Å². The van der Waals surface area contributed by atoms with E-state index in [4.69, 9.17) is 5.73 Å². The first-order valence-electron chi connectivity index (χ1n) is 7.17. The predicted octanol–water partition coefficient (Wildman–Crippen LogP) is 3.17. The highest BCUT2D eigenvalue weighted by Crippen LogP contribution is 2.37. The van der Waals surface area contributed by atoms with Crippen LogP contribution in [-0.4, -0.2) is 21.5 Å². The van der Waals surface area contributed by atoms with Crippen LogP contribution in [0.25, 0.3) is 5.69 Å². The number of carbonyl (C=O) groups is 1. The quantitative estimate of drug-likeness (QED) is 0.853. The zero-order chi connectivity index (χ0) is 15.1. The Balaban J connectivity index is 0.00000132. The number of hydrogen-bond acceptors (Lipinski definition) is 3. The van der Waals surface area contributed by atoms with Crippen molar-refractivity contribution >= 4 is 36.4 Å². The van der Waals surface area contributed by atoms with Crippen molar-refractivity contribution in [1.82, 2.24) is 9.55 Å². The van der Waals surface area contributed by atoms with Crippen LogP contribution in [0.1, 0.15) is 37.6 Å². The molecule has 0 spiro atoms. The van der Waals surface area contributed by atoms with Crippen LogP contribution in [0.2, 0.25) is 0 Å². The molecule has 5 nitrogen and oxygen atoms in total. The van der Waals surface area contributed by atoms with E-state index in [0.717, 1.165) is 29.1 Å². The fourth-order valence-electron chi connectivity index (χ4n) is 3.10. The molecule has 3 rings (SSSR count). The maximum Gasteiger partial charge on any atom is 0.224 e. The van der Waals surface area contributed by atoms with E-state index in [0.29, 0.717) is 0 Å². The second-order valence-corrected chi connectivity index (χ2v) is 5.75. The van der Waals surface area contributed by atoms with E-state index in [2.05, 4.69) is 11.1 Å². The summed E-state index contributed by atoms with van der Waals surface area (Å²) >= 11 is 0. The van der Waals surface area contributed by atoms with Gasteiger partial charge in [-0.25, -0.2) is 4.98 Å².